The second kappa shape index (κ2) is 8.15. The van der Waals surface area contributed by atoms with E-state index in [1.807, 2.05) is 84.9 Å². The molecule has 0 bridgehead atoms. The molecule has 4 nitrogen and oxygen atoms in total. The van der Waals surface area contributed by atoms with Crippen molar-refractivity contribution in [1.29, 1.82) is 0 Å². The molecule has 0 unspecified atom stereocenters. The van der Waals surface area contributed by atoms with Crippen molar-refractivity contribution in [1.82, 2.24) is 10.2 Å². The Morgan fingerprint density at radius 1 is 0.821 bits per heavy atom. The van der Waals surface area contributed by atoms with Gasteiger partial charge in [0.1, 0.15) is 5.70 Å². The molecule has 0 spiro atoms. The SMILES string of the molecule is O=C1N/C(=C\c2ccccc2Sc2ccccc2)C(=O)N1Cc1ccccc1. The molecule has 1 aliphatic heterocycles. The van der Waals surface area contributed by atoms with Crippen LogP contribution < -0.4 is 5.32 Å². The van der Waals surface area contributed by atoms with Crippen LogP contribution in [0.2, 0.25) is 0 Å². The highest BCUT2D eigenvalue weighted by molar-refractivity contribution is 7.99. The van der Waals surface area contributed by atoms with Crippen molar-refractivity contribution < 1.29 is 9.59 Å². The van der Waals surface area contributed by atoms with Crippen LogP contribution in [0.15, 0.2) is 100 Å². The first-order valence-electron chi connectivity index (χ1n) is 8.91. The van der Waals surface area contributed by atoms with Crippen molar-refractivity contribution in [2.45, 2.75) is 16.3 Å². The fourth-order valence-electron chi connectivity index (χ4n) is 2.94. The smallest absolute Gasteiger partial charge is 0.303 e. The molecule has 0 aliphatic carbocycles. The van der Waals surface area contributed by atoms with Gasteiger partial charge in [0.15, 0.2) is 0 Å². The van der Waals surface area contributed by atoms with Gasteiger partial charge in [0.2, 0.25) is 0 Å². The van der Waals surface area contributed by atoms with Crippen molar-refractivity contribution in [3.8, 4) is 0 Å². The van der Waals surface area contributed by atoms with Gasteiger partial charge in [-0.1, -0.05) is 78.5 Å². The zero-order valence-corrected chi connectivity index (χ0v) is 15.9. The summed E-state index contributed by atoms with van der Waals surface area (Å²) in [5, 5.41) is 2.70. The summed E-state index contributed by atoms with van der Waals surface area (Å²) in [5.74, 6) is -0.312. The minimum absolute atomic E-state index is 0.253. The molecule has 0 atom stereocenters. The highest BCUT2D eigenvalue weighted by atomic mass is 32.2. The van der Waals surface area contributed by atoms with Crippen molar-refractivity contribution in [3.63, 3.8) is 0 Å². The predicted octanol–water partition coefficient (Wildman–Crippen LogP) is 4.93. The lowest BCUT2D eigenvalue weighted by atomic mass is 10.2. The van der Waals surface area contributed by atoms with Gasteiger partial charge in [0.05, 0.1) is 6.54 Å². The summed E-state index contributed by atoms with van der Waals surface area (Å²) in [4.78, 5) is 28.4. The number of amides is 3. The third-order valence-corrected chi connectivity index (χ3v) is 5.44. The Balaban J connectivity index is 1.58. The predicted molar refractivity (Wildman–Crippen MR) is 111 cm³/mol. The van der Waals surface area contributed by atoms with Gasteiger partial charge in [-0.15, -0.1) is 0 Å². The maximum atomic E-state index is 12.8. The van der Waals surface area contributed by atoms with E-state index in [0.717, 1.165) is 20.9 Å². The number of urea groups is 1. The van der Waals surface area contributed by atoms with E-state index in [4.69, 9.17) is 0 Å². The molecule has 5 heteroatoms. The van der Waals surface area contributed by atoms with Crippen LogP contribution in [0, 0.1) is 0 Å². The maximum Gasteiger partial charge on any atom is 0.329 e. The van der Waals surface area contributed by atoms with E-state index in [1.165, 1.54) is 4.90 Å². The molecule has 138 valence electrons. The monoisotopic (exact) mass is 386 g/mol. The van der Waals surface area contributed by atoms with Crippen LogP contribution in [0.4, 0.5) is 4.79 Å². The summed E-state index contributed by atoms with van der Waals surface area (Å²) in [6, 6.07) is 27.0. The van der Waals surface area contributed by atoms with Gasteiger partial charge < -0.3 is 5.32 Å². The van der Waals surface area contributed by atoms with Gasteiger partial charge in [-0.3, -0.25) is 9.69 Å². The van der Waals surface area contributed by atoms with Crippen molar-refractivity contribution in [3.05, 3.63) is 102 Å². The first-order valence-corrected chi connectivity index (χ1v) is 9.73. The number of hydrogen-bond acceptors (Lipinski definition) is 3. The Morgan fingerprint density at radius 2 is 1.46 bits per heavy atom. The lowest BCUT2D eigenvalue weighted by Gasteiger charge is -2.11. The standard InChI is InChI=1S/C23H18N2O2S/c26-22-20(24-23(27)25(22)16-17-9-3-1-4-10-17)15-18-11-7-8-14-21(18)28-19-12-5-2-6-13-19/h1-15H,16H2,(H,24,27)/b20-15-. The van der Waals surface area contributed by atoms with Gasteiger partial charge in [-0.05, 0) is 35.4 Å². The molecular formula is C23H18N2O2S. The topological polar surface area (TPSA) is 49.4 Å². The number of carbonyl (C=O) groups is 2. The first-order chi connectivity index (χ1) is 13.7. The zero-order valence-electron chi connectivity index (χ0n) is 15.0. The van der Waals surface area contributed by atoms with E-state index in [0.29, 0.717) is 5.70 Å². The summed E-state index contributed by atoms with van der Waals surface area (Å²) in [6.45, 7) is 0.253. The summed E-state index contributed by atoms with van der Waals surface area (Å²) >= 11 is 1.62. The van der Waals surface area contributed by atoms with Crippen LogP contribution in [0.5, 0.6) is 0 Å². The molecule has 3 amide bonds. The van der Waals surface area contributed by atoms with Crippen LogP contribution in [-0.2, 0) is 11.3 Å². The Morgan fingerprint density at radius 3 is 2.21 bits per heavy atom. The van der Waals surface area contributed by atoms with E-state index in [1.54, 1.807) is 17.8 Å². The molecule has 0 aromatic heterocycles. The molecule has 1 saturated heterocycles. The highest BCUT2D eigenvalue weighted by Crippen LogP contribution is 2.31. The number of carbonyl (C=O) groups excluding carboxylic acids is 2. The van der Waals surface area contributed by atoms with Gasteiger partial charge in [-0.2, -0.15) is 0 Å². The Kier molecular flexibility index (Phi) is 5.26. The number of nitrogens with zero attached hydrogens (tertiary/aromatic N) is 1. The molecular weight excluding hydrogens is 368 g/mol. The molecule has 3 aromatic rings. The molecule has 1 fully saturated rings. The Labute approximate surface area is 167 Å². The number of nitrogens with one attached hydrogen (secondary N) is 1. The number of hydrogen-bond donors (Lipinski definition) is 1. The second-order valence-corrected chi connectivity index (χ2v) is 7.43. The fraction of sp³-hybridized carbons (Fsp3) is 0.0435. The summed E-state index contributed by atoms with van der Waals surface area (Å²) in [5.41, 5.74) is 2.09. The van der Waals surface area contributed by atoms with Crippen LogP contribution in [0.3, 0.4) is 0 Å². The molecule has 0 saturated carbocycles. The number of imide groups is 1. The van der Waals surface area contributed by atoms with Crippen LogP contribution in [-0.4, -0.2) is 16.8 Å². The summed E-state index contributed by atoms with van der Waals surface area (Å²) < 4.78 is 0. The van der Waals surface area contributed by atoms with Gasteiger partial charge in [-0.25, -0.2) is 4.79 Å². The lowest BCUT2D eigenvalue weighted by molar-refractivity contribution is -0.123. The van der Waals surface area contributed by atoms with E-state index < -0.39 is 6.03 Å². The van der Waals surface area contributed by atoms with Crippen LogP contribution >= 0.6 is 11.8 Å². The molecule has 1 heterocycles. The second-order valence-electron chi connectivity index (χ2n) is 6.32. The van der Waals surface area contributed by atoms with E-state index in [2.05, 4.69) is 5.32 Å². The summed E-state index contributed by atoms with van der Waals surface area (Å²) in [7, 11) is 0. The van der Waals surface area contributed by atoms with Crippen LogP contribution in [0.25, 0.3) is 6.08 Å². The largest absolute Gasteiger partial charge is 0.329 e. The summed E-state index contributed by atoms with van der Waals surface area (Å²) in [6.07, 6.45) is 1.75. The average Bonchev–Trinajstić information content (AvgIpc) is 2.98. The third kappa shape index (κ3) is 4.00. The highest BCUT2D eigenvalue weighted by Gasteiger charge is 2.33. The maximum absolute atomic E-state index is 12.8. The fourth-order valence-corrected chi connectivity index (χ4v) is 3.88. The first kappa shape index (κ1) is 18.1. The van der Waals surface area contributed by atoms with E-state index >= 15 is 0 Å². The van der Waals surface area contributed by atoms with Crippen LogP contribution in [0.1, 0.15) is 11.1 Å². The molecule has 3 aromatic carbocycles. The zero-order chi connectivity index (χ0) is 19.3. The van der Waals surface area contributed by atoms with Gasteiger partial charge in [0, 0.05) is 9.79 Å². The molecule has 28 heavy (non-hydrogen) atoms. The van der Waals surface area contributed by atoms with Crippen molar-refractivity contribution in [2.75, 3.05) is 0 Å². The minimum Gasteiger partial charge on any atom is -0.303 e. The number of benzene rings is 3. The van der Waals surface area contributed by atoms with Gasteiger partial charge >= 0.3 is 6.03 Å². The molecule has 4 rings (SSSR count). The Hall–Kier alpha value is -3.31. The molecule has 1 N–H and O–H groups in total. The number of rotatable bonds is 5. The third-order valence-electron chi connectivity index (χ3n) is 4.34. The van der Waals surface area contributed by atoms with Gasteiger partial charge in [0.25, 0.3) is 5.91 Å². The molecule has 1 aliphatic rings. The molecule has 0 radical (unpaired) electrons. The van der Waals surface area contributed by atoms with E-state index in [9.17, 15) is 9.59 Å². The average molecular weight is 386 g/mol. The van der Waals surface area contributed by atoms with E-state index in [-0.39, 0.29) is 12.5 Å². The lowest BCUT2D eigenvalue weighted by Crippen LogP contribution is -2.30. The van der Waals surface area contributed by atoms with Crippen molar-refractivity contribution in [2.24, 2.45) is 0 Å². The van der Waals surface area contributed by atoms with Crippen molar-refractivity contribution >= 4 is 29.8 Å². The quantitative estimate of drug-likeness (QED) is 0.500. The Bertz CT molecular complexity index is 1030. The minimum atomic E-state index is -0.395. The normalized spacial score (nSPS) is 15.1.